The minimum absolute atomic E-state index is 0.0919. The minimum Gasteiger partial charge on any atom is -0.369 e. The van der Waals surface area contributed by atoms with Crippen LogP contribution in [0.2, 0.25) is 0 Å². The maximum atomic E-state index is 12.2. The molecule has 2 aromatic heterocycles. The number of aryl methyl sites for hydroxylation is 2. The molecule has 1 atom stereocenters. The summed E-state index contributed by atoms with van der Waals surface area (Å²) in [6, 6.07) is -0.255. The van der Waals surface area contributed by atoms with Crippen molar-refractivity contribution < 1.29 is 4.79 Å². The number of carbonyl (C=O) groups is 1. The number of hydrogen-bond acceptors (Lipinski definition) is 4. The van der Waals surface area contributed by atoms with Gasteiger partial charge in [0, 0.05) is 20.6 Å². The summed E-state index contributed by atoms with van der Waals surface area (Å²) in [5.74, 6) is 0.494. The van der Waals surface area contributed by atoms with Crippen LogP contribution in [0.4, 0.5) is 5.95 Å². The number of nitrogens with two attached hydrogens (primary N) is 1. The molecule has 1 saturated heterocycles. The molecule has 1 fully saturated rings. The van der Waals surface area contributed by atoms with Crippen molar-refractivity contribution in [1.82, 2.24) is 24.2 Å². The first-order valence-electron chi connectivity index (χ1n) is 6.98. The maximum absolute atomic E-state index is 12.2. The molecule has 108 valence electrons. The number of likely N-dealkylation sites (tertiary alicyclic amines) is 1. The molecule has 0 spiro atoms. The molecule has 0 radical (unpaired) electrons. The Labute approximate surface area is 117 Å². The summed E-state index contributed by atoms with van der Waals surface area (Å²) in [6.45, 7) is 2.86. The van der Waals surface area contributed by atoms with Gasteiger partial charge in [0.25, 0.3) is 0 Å². The van der Waals surface area contributed by atoms with Crippen LogP contribution in [0.5, 0.6) is 0 Å². The van der Waals surface area contributed by atoms with Gasteiger partial charge in [0.05, 0.1) is 5.69 Å². The van der Waals surface area contributed by atoms with Gasteiger partial charge < -0.3 is 10.6 Å². The fourth-order valence-electron chi connectivity index (χ4n) is 2.98. The molecule has 1 unspecified atom stereocenters. The van der Waals surface area contributed by atoms with E-state index in [9.17, 15) is 4.79 Å². The second kappa shape index (κ2) is 4.50. The molecule has 2 aromatic rings. The van der Waals surface area contributed by atoms with E-state index in [-0.39, 0.29) is 11.9 Å². The first kappa shape index (κ1) is 13.0. The maximum Gasteiger partial charge on any atom is 0.245 e. The van der Waals surface area contributed by atoms with Gasteiger partial charge >= 0.3 is 0 Å². The molecule has 1 amide bonds. The first-order valence-corrected chi connectivity index (χ1v) is 6.98. The predicted octanol–water partition coefficient (Wildman–Crippen LogP) is 0.708. The number of hydrogen-bond donors (Lipinski definition) is 1. The monoisotopic (exact) mass is 276 g/mol. The number of nitrogen functional groups attached to an aromatic ring is 1. The molecule has 7 nitrogen and oxygen atoms in total. The third-order valence-electron chi connectivity index (χ3n) is 3.96. The molecule has 20 heavy (non-hydrogen) atoms. The summed E-state index contributed by atoms with van der Waals surface area (Å²) in [5.41, 5.74) is 8.69. The highest BCUT2D eigenvalue weighted by Gasteiger charge is 2.34. The van der Waals surface area contributed by atoms with Gasteiger partial charge in [0.2, 0.25) is 11.9 Å². The topological polar surface area (TPSA) is 82.0 Å². The zero-order valence-electron chi connectivity index (χ0n) is 12.1. The van der Waals surface area contributed by atoms with Gasteiger partial charge in [0.15, 0.2) is 5.65 Å². The Bertz CT molecular complexity index is 670. The molecule has 0 aliphatic carbocycles. The van der Waals surface area contributed by atoms with Gasteiger partial charge in [-0.15, -0.1) is 0 Å². The number of anilines is 1. The lowest BCUT2D eigenvalue weighted by atomic mass is 10.2. The number of aromatic nitrogens is 4. The molecule has 0 aromatic carbocycles. The molecular weight excluding hydrogens is 256 g/mol. The largest absolute Gasteiger partial charge is 0.369 e. The average molecular weight is 276 g/mol. The van der Waals surface area contributed by atoms with Crippen molar-refractivity contribution in [3.8, 4) is 0 Å². The molecule has 2 N–H and O–H groups in total. The molecule has 1 aliphatic rings. The van der Waals surface area contributed by atoms with E-state index in [4.69, 9.17) is 5.73 Å². The highest BCUT2D eigenvalue weighted by Crippen LogP contribution is 2.30. The van der Waals surface area contributed by atoms with Crippen LogP contribution in [-0.2, 0) is 18.3 Å². The van der Waals surface area contributed by atoms with Crippen LogP contribution in [-0.4, -0.2) is 43.7 Å². The van der Waals surface area contributed by atoms with E-state index in [2.05, 4.69) is 17.0 Å². The van der Waals surface area contributed by atoms with Crippen molar-refractivity contribution in [2.75, 3.05) is 19.3 Å². The summed E-state index contributed by atoms with van der Waals surface area (Å²) in [7, 11) is 3.70. The fraction of sp³-hybridized carbons (Fsp3) is 0.615. The second-order valence-electron chi connectivity index (χ2n) is 5.40. The number of fused-ring (bicyclic) bond motifs is 1. The molecule has 1 aliphatic heterocycles. The quantitative estimate of drug-likeness (QED) is 0.895. The third kappa shape index (κ3) is 1.69. The number of nitrogens with zero attached hydrogens (tertiary/aromatic N) is 5. The lowest BCUT2D eigenvalue weighted by Gasteiger charge is -2.14. The zero-order valence-corrected chi connectivity index (χ0v) is 12.1. The standard InChI is InChI=1S/C13H20N6O/c1-4-5-8-10-11(18(3)16-8)19(13(14)15-10)9-6-7-17(2)12(9)20/h9H,4-7H2,1-3H3,(H2,14,15). The van der Waals surface area contributed by atoms with Crippen LogP contribution in [0.15, 0.2) is 0 Å². The van der Waals surface area contributed by atoms with Crippen LogP contribution in [0, 0.1) is 0 Å². The van der Waals surface area contributed by atoms with E-state index in [1.54, 1.807) is 9.58 Å². The molecule has 7 heteroatoms. The molecule has 3 rings (SSSR count). The number of rotatable bonds is 3. The van der Waals surface area contributed by atoms with Crippen molar-refractivity contribution in [2.24, 2.45) is 7.05 Å². The summed E-state index contributed by atoms with van der Waals surface area (Å²) in [5, 5.41) is 4.51. The summed E-state index contributed by atoms with van der Waals surface area (Å²) < 4.78 is 3.63. The Morgan fingerprint density at radius 3 is 2.75 bits per heavy atom. The highest BCUT2D eigenvalue weighted by atomic mass is 16.2. The number of amides is 1. The number of imidazole rings is 1. The Morgan fingerprint density at radius 2 is 2.15 bits per heavy atom. The van der Waals surface area contributed by atoms with Crippen molar-refractivity contribution in [1.29, 1.82) is 0 Å². The van der Waals surface area contributed by atoms with Gasteiger partial charge in [-0.3, -0.25) is 14.0 Å². The van der Waals surface area contributed by atoms with E-state index in [0.29, 0.717) is 5.95 Å². The minimum atomic E-state index is -0.255. The van der Waals surface area contributed by atoms with E-state index in [1.807, 2.05) is 18.7 Å². The van der Waals surface area contributed by atoms with Crippen LogP contribution in [0.25, 0.3) is 11.2 Å². The molecule has 3 heterocycles. The molecule has 0 bridgehead atoms. The smallest absolute Gasteiger partial charge is 0.245 e. The predicted molar refractivity (Wildman–Crippen MR) is 76.2 cm³/mol. The van der Waals surface area contributed by atoms with Crippen molar-refractivity contribution in [3.05, 3.63) is 5.69 Å². The number of carbonyl (C=O) groups excluding carboxylic acids is 1. The van der Waals surface area contributed by atoms with Gasteiger partial charge in [-0.25, -0.2) is 4.98 Å². The van der Waals surface area contributed by atoms with Crippen LogP contribution in [0.3, 0.4) is 0 Å². The van der Waals surface area contributed by atoms with Gasteiger partial charge in [-0.1, -0.05) is 13.3 Å². The molecular formula is C13H20N6O. The first-order chi connectivity index (χ1) is 9.54. The summed E-state index contributed by atoms with van der Waals surface area (Å²) >= 11 is 0. The van der Waals surface area contributed by atoms with Crippen molar-refractivity contribution in [2.45, 2.75) is 32.2 Å². The SMILES string of the molecule is CCCc1nn(C)c2c1nc(N)n2C1CCN(C)C1=O. The fourth-order valence-corrected chi connectivity index (χ4v) is 2.98. The van der Waals surface area contributed by atoms with E-state index < -0.39 is 0 Å². The van der Waals surface area contributed by atoms with Gasteiger partial charge in [-0.05, 0) is 12.8 Å². The normalized spacial score (nSPS) is 19.4. The van der Waals surface area contributed by atoms with Crippen LogP contribution in [0.1, 0.15) is 31.5 Å². The van der Waals surface area contributed by atoms with Crippen LogP contribution >= 0.6 is 0 Å². The Hall–Kier alpha value is -2.05. The van der Waals surface area contributed by atoms with E-state index >= 15 is 0 Å². The number of likely N-dealkylation sites (N-methyl/N-ethyl adjacent to an activating group) is 1. The summed E-state index contributed by atoms with van der Waals surface area (Å²) in [4.78, 5) is 18.4. The Kier molecular flexibility index (Phi) is 2.92. The lowest BCUT2D eigenvalue weighted by Crippen LogP contribution is -2.25. The van der Waals surface area contributed by atoms with E-state index in [0.717, 1.165) is 42.7 Å². The van der Waals surface area contributed by atoms with Gasteiger partial charge in [-0.2, -0.15) is 5.10 Å². The van der Waals surface area contributed by atoms with Gasteiger partial charge in [0.1, 0.15) is 11.6 Å². The molecule has 0 saturated carbocycles. The Morgan fingerprint density at radius 1 is 1.40 bits per heavy atom. The second-order valence-corrected chi connectivity index (χ2v) is 5.40. The zero-order chi connectivity index (χ0) is 14.4. The highest BCUT2D eigenvalue weighted by molar-refractivity contribution is 5.86. The lowest BCUT2D eigenvalue weighted by molar-refractivity contribution is -0.129. The van der Waals surface area contributed by atoms with Crippen LogP contribution < -0.4 is 5.73 Å². The average Bonchev–Trinajstić information content (AvgIpc) is 2.99. The summed E-state index contributed by atoms with van der Waals surface area (Å²) in [6.07, 6.45) is 2.63. The Balaban J connectivity index is 2.16. The third-order valence-corrected chi connectivity index (χ3v) is 3.96. The van der Waals surface area contributed by atoms with Crippen molar-refractivity contribution >= 4 is 23.0 Å². The van der Waals surface area contributed by atoms with Crippen molar-refractivity contribution in [3.63, 3.8) is 0 Å². The van der Waals surface area contributed by atoms with E-state index in [1.165, 1.54) is 0 Å².